The third-order valence-corrected chi connectivity index (χ3v) is 2.25. The number of benzene rings is 1. The number of hydrogen-bond acceptors (Lipinski definition) is 3. The summed E-state index contributed by atoms with van der Waals surface area (Å²) in [7, 11) is 0. The first kappa shape index (κ1) is 9.41. The molecule has 1 aromatic heterocycles. The van der Waals surface area contributed by atoms with Gasteiger partial charge in [-0.3, -0.25) is 0 Å². The van der Waals surface area contributed by atoms with Crippen LogP contribution in [0.2, 0.25) is 0 Å². The van der Waals surface area contributed by atoms with Crippen molar-refractivity contribution >= 4 is 0 Å². The van der Waals surface area contributed by atoms with Crippen molar-refractivity contribution in [2.24, 2.45) is 0 Å². The Balaban J connectivity index is 2.25. The second-order valence-corrected chi connectivity index (χ2v) is 3.34. The molecular weight excluding hydrogens is 188 g/mol. The Morgan fingerprint density at radius 2 is 2.27 bits per heavy atom. The van der Waals surface area contributed by atoms with Crippen molar-refractivity contribution in [3.63, 3.8) is 0 Å². The van der Waals surface area contributed by atoms with E-state index in [2.05, 4.69) is 21.5 Å². The SMILES string of the molecule is Cc1n[nH]nc1Cc1cccc(C#N)c1. The van der Waals surface area contributed by atoms with E-state index in [4.69, 9.17) is 5.26 Å². The number of rotatable bonds is 2. The molecule has 1 heterocycles. The van der Waals surface area contributed by atoms with Crippen molar-refractivity contribution in [3.8, 4) is 6.07 Å². The molecule has 4 nitrogen and oxygen atoms in total. The molecule has 0 atom stereocenters. The summed E-state index contributed by atoms with van der Waals surface area (Å²) in [6, 6.07) is 9.64. The first-order valence-electron chi connectivity index (χ1n) is 4.65. The molecule has 0 bridgehead atoms. The molecule has 0 radical (unpaired) electrons. The molecule has 0 saturated carbocycles. The fourth-order valence-corrected chi connectivity index (χ4v) is 1.42. The predicted molar refractivity (Wildman–Crippen MR) is 55.1 cm³/mol. The zero-order valence-electron chi connectivity index (χ0n) is 8.36. The molecule has 4 heteroatoms. The fraction of sp³-hybridized carbons (Fsp3) is 0.182. The lowest BCUT2D eigenvalue weighted by atomic mass is 10.1. The summed E-state index contributed by atoms with van der Waals surface area (Å²) in [6.07, 6.45) is 0.706. The minimum absolute atomic E-state index is 0.675. The Morgan fingerprint density at radius 3 is 2.93 bits per heavy atom. The van der Waals surface area contributed by atoms with Crippen LogP contribution < -0.4 is 0 Å². The van der Waals surface area contributed by atoms with Crippen LogP contribution in [0.3, 0.4) is 0 Å². The average Bonchev–Trinajstić information content (AvgIpc) is 2.65. The van der Waals surface area contributed by atoms with Crippen LogP contribution in [0.5, 0.6) is 0 Å². The van der Waals surface area contributed by atoms with E-state index in [1.807, 2.05) is 25.1 Å². The third kappa shape index (κ3) is 2.02. The van der Waals surface area contributed by atoms with Gasteiger partial charge >= 0.3 is 0 Å². The Morgan fingerprint density at radius 1 is 1.40 bits per heavy atom. The number of nitrogens with one attached hydrogen (secondary N) is 1. The van der Waals surface area contributed by atoms with Crippen molar-refractivity contribution in [3.05, 3.63) is 46.8 Å². The monoisotopic (exact) mass is 198 g/mol. The Labute approximate surface area is 87.6 Å². The lowest BCUT2D eigenvalue weighted by Crippen LogP contribution is -1.91. The summed E-state index contributed by atoms with van der Waals surface area (Å²) in [6.45, 7) is 1.91. The molecule has 15 heavy (non-hydrogen) atoms. The highest BCUT2D eigenvalue weighted by Gasteiger charge is 2.04. The van der Waals surface area contributed by atoms with Gasteiger partial charge in [-0.25, -0.2) is 0 Å². The number of H-pyrrole nitrogens is 1. The van der Waals surface area contributed by atoms with Gasteiger partial charge in [0.2, 0.25) is 0 Å². The lowest BCUT2D eigenvalue weighted by Gasteiger charge is -1.98. The molecule has 0 amide bonds. The number of nitriles is 1. The highest BCUT2D eigenvalue weighted by atomic mass is 15.3. The van der Waals surface area contributed by atoms with Gasteiger partial charge in [-0.05, 0) is 24.6 Å². The molecule has 2 rings (SSSR count). The van der Waals surface area contributed by atoms with Crippen LogP contribution in [-0.2, 0) is 6.42 Å². The van der Waals surface area contributed by atoms with Gasteiger partial charge in [-0.2, -0.15) is 20.7 Å². The van der Waals surface area contributed by atoms with E-state index in [1.54, 1.807) is 6.07 Å². The van der Waals surface area contributed by atoms with Crippen molar-refractivity contribution in [2.45, 2.75) is 13.3 Å². The topological polar surface area (TPSA) is 65.4 Å². The highest BCUT2D eigenvalue weighted by molar-refractivity contribution is 5.34. The van der Waals surface area contributed by atoms with E-state index in [0.29, 0.717) is 12.0 Å². The Bertz CT molecular complexity index is 507. The normalized spacial score (nSPS) is 9.87. The maximum absolute atomic E-state index is 8.76. The smallest absolute Gasteiger partial charge is 0.0991 e. The van der Waals surface area contributed by atoms with E-state index in [-0.39, 0.29) is 0 Å². The van der Waals surface area contributed by atoms with Gasteiger partial charge in [0, 0.05) is 6.42 Å². The largest absolute Gasteiger partial charge is 0.197 e. The molecule has 0 unspecified atom stereocenters. The second kappa shape index (κ2) is 3.93. The van der Waals surface area contributed by atoms with Gasteiger partial charge in [0.05, 0.1) is 23.0 Å². The summed E-state index contributed by atoms with van der Waals surface area (Å²) in [4.78, 5) is 0. The molecule has 0 aliphatic carbocycles. The number of nitrogens with zero attached hydrogens (tertiary/aromatic N) is 3. The van der Waals surface area contributed by atoms with Gasteiger partial charge in [0.1, 0.15) is 0 Å². The summed E-state index contributed by atoms with van der Waals surface area (Å²) in [5.41, 5.74) is 3.57. The fourth-order valence-electron chi connectivity index (χ4n) is 1.42. The minimum Gasteiger partial charge on any atom is -0.197 e. The zero-order chi connectivity index (χ0) is 10.7. The minimum atomic E-state index is 0.675. The quantitative estimate of drug-likeness (QED) is 0.796. The van der Waals surface area contributed by atoms with Crippen LogP contribution >= 0.6 is 0 Å². The molecule has 1 aromatic carbocycles. The van der Waals surface area contributed by atoms with Gasteiger partial charge < -0.3 is 0 Å². The molecule has 0 aliphatic rings. The van der Waals surface area contributed by atoms with Gasteiger partial charge in [0.25, 0.3) is 0 Å². The van der Waals surface area contributed by atoms with Gasteiger partial charge in [0.15, 0.2) is 0 Å². The van der Waals surface area contributed by atoms with Crippen LogP contribution in [0.1, 0.15) is 22.5 Å². The standard InChI is InChI=1S/C11H10N4/c1-8-11(14-15-13-8)6-9-3-2-4-10(5-9)7-12/h2-5H,6H2,1H3,(H,13,14,15). The van der Waals surface area contributed by atoms with Crippen molar-refractivity contribution in [1.82, 2.24) is 15.4 Å². The average molecular weight is 198 g/mol. The van der Waals surface area contributed by atoms with E-state index < -0.39 is 0 Å². The van der Waals surface area contributed by atoms with Crippen LogP contribution in [0.4, 0.5) is 0 Å². The summed E-state index contributed by atoms with van der Waals surface area (Å²) in [5, 5.41) is 19.3. The van der Waals surface area contributed by atoms with Crippen LogP contribution in [0.25, 0.3) is 0 Å². The highest BCUT2D eigenvalue weighted by Crippen LogP contribution is 2.10. The molecule has 0 fully saturated rings. The van der Waals surface area contributed by atoms with Crippen molar-refractivity contribution in [2.75, 3.05) is 0 Å². The molecule has 0 aliphatic heterocycles. The lowest BCUT2D eigenvalue weighted by molar-refractivity contribution is 0.911. The molecule has 74 valence electrons. The maximum Gasteiger partial charge on any atom is 0.0991 e. The summed E-state index contributed by atoms with van der Waals surface area (Å²) < 4.78 is 0. The first-order chi connectivity index (χ1) is 7.29. The van der Waals surface area contributed by atoms with Gasteiger partial charge in [-0.1, -0.05) is 12.1 Å². The van der Waals surface area contributed by atoms with E-state index >= 15 is 0 Å². The zero-order valence-corrected chi connectivity index (χ0v) is 8.36. The van der Waals surface area contributed by atoms with Crippen LogP contribution in [0, 0.1) is 18.3 Å². The Kier molecular flexibility index (Phi) is 2.46. The molecule has 2 aromatic rings. The van der Waals surface area contributed by atoms with E-state index in [9.17, 15) is 0 Å². The number of aryl methyl sites for hydroxylation is 1. The van der Waals surface area contributed by atoms with E-state index in [1.165, 1.54) is 0 Å². The number of aromatic amines is 1. The Hall–Kier alpha value is -2.15. The van der Waals surface area contributed by atoms with Crippen molar-refractivity contribution in [1.29, 1.82) is 5.26 Å². The molecular formula is C11H10N4. The summed E-state index contributed by atoms with van der Waals surface area (Å²) in [5.74, 6) is 0. The second-order valence-electron chi connectivity index (χ2n) is 3.34. The van der Waals surface area contributed by atoms with Crippen molar-refractivity contribution < 1.29 is 0 Å². The molecule has 0 spiro atoms. The predicted octanol–water partition coefficient (Wildman–Crippen LogP) is 1.58. The third-order valence-electron chi connectivity index (χ3n) is 2.25. The summed E-state index contributed by atoms with van der Waals surface area (Å²) >= 11 is 0. The van der Waals surface area contributed by atoms with Gasteiger partial charge in [-0.15, -0.1) is 0 Å². The van der Waals surface area contributed by atoms with Crippen LogP contribution in [-0.4, -0.2) is 15.4 Å². The maximum atomic E-state index is 8.76. The molecule has 1 N–H and O–H groups in total. The number of hydrogen-bond donors (Lipinski definition) is 1. The molecule has 0 saturated heterocycles. The van der Waals surface area contributed by atoms with E-state index in [0.717, 1.165) is 17.0 Å². The van der Waals surface area contributed by atoms with Crippen LogP contribution in [0.15, 0.2) is 24.3 Å². The first-order valence-corrected chi connectivity index (χ1v) is 4.65. The number of aromatic nitrogens is 3.